The van der Waals surface area contributed by atoms with Gasteiger partial charge in [-0.15, -0.1) is 0 Å². The Labute approximate surface area is 118 Å². The number of amidine groups is 2. The van der Waals surface area contributed by atoms with Gasteiger partial charge in [0.05, 0.1) is 12.6 Å². The molecule has 1 atom stereocenters. The maximum atomic E-state index is 4.33. The van der Waals surface area contributed by atoms with Crippen molar-refractivity contribution in [3.63, 3.8) is 0 Å². The summed E-state index contributed by atoms with van der Waals surface area (Å²) in [4.78, 5) is 5.30. The molecular weight excluding hydrogens is 248 g/mol. The predicted octanol–water partition coefficient (Wildman–Crippen LogP) is 1.30. The van der Waals surface area contributed by atoms with Gasteiger partial charge < -0.3 is 0 Å². The van der Waals surface area contributed by atoms with Crippen LogP contribution in [0.2, 0.25) is 0 Å². The van der Waals surface area contributed by atoms with Crippen molar-refractivity contribution in [3.05, 3.63) is 66.0 Å². The van der Waals surface area contributed by atoms with Crippen molar-refractivity contribution in [3.8, 4) is 0 Å². The van der Waals surface area contributed by atoms with E-state index in [0.717, 1.165) is 35.0 Å². The number of hydrogen-bond donors (Lipinski definition) is 1. The molecule has 100 valence electrons. The first-order chi connectivity index (χ1) is 9.84. The summed E-state index contributed by atoms with van der Waals surface area (Å²) in [5.41, 5.74) is 2.36. The van der Waals surface area contributed by atoms with Crippen LogP contribution in [0.5, 0.6) is 0 Å². The van der Waals surface area contributed by atoms with Crippen LogP contribution >= 0.6 is 0 Å². The number of pyridine rings is 1. The summed E-state index contributed by atoms with van der Waals surface area (Å²) in [6.07, 6.45) is 5.51. The van der Waals surface area contributed by atoms with E-state index in [2.05, 4.69) is 46.5 Å². The van der Waals surface area contributed by atoms with Crippen LogP contribution in [0.4, 0.5) is 0 Å². The van der Waals surface area contributed by atoms with E-state index >= 15 is 0 Å². The van der Waals surface area contributed by atoms with Crippen molar-refractivity contribution < 1.29 is 4.90 Å². The Morgan fingerprint density at radius 1 is 0.950 bits per heavy atom. The Morgan fingerprint density at radius 3 is 2.55 bits per heavy atom. The minimum Gasteiger partial charge on any atom is -0.264 e. The Balaban J connectivity index is 1.64. The standard InChI is InChI=1S/C16H16N4/c1-20-15(10-9-13-6-3-2-4-7-13)18-19-16(20)14-8-5-11-17-12-14/h2-8,11-12H,9-10H2,1H3/p+1. The summed E-state index contributed by atoms with van der Waals surface area (Å²) in [5.74, 6) is 2.02. The van der Waals surface area contributed by atoms with Crippen LogP contribution in [0.1, 0.15) is 17.5 Å². The van der Waals surface area contributed by atoms with Crippen LogP contribution in [-0.4, -0.2) is 23.7 Å². The Kier molecular flexibility index (Phi) is 3.65. The molecule has 0 bridgehead atoms. The number of aryl methyl sites for hydroxylation is 1. The van der Waals surface area contributed by atoms with E-state index in [0.29, 0.717) is 0 Å². The fourth-order valence-corrected chi connectivity index (χ4v) is 2.32. The molecule has 1 N–H and O–H groups in total. The van der Waals surface area contributed by atoms with Crippen molar-refractivity contribution >= 4 is 11.7 Å². The zero-order valence-corrected chi connectivity index (χ0v) is 11.5. The minimum atomic E-state index is 0.920. The minimum absolute atomic E-state index is 0.920. The van der Waals surface area contributed by atoms with E-state index in [4.69, 9.17) is 0 Å². The molecule has 1 aromatic heterocycles. The second-order valence-electron chi connectivity index (χ2n) is 4.85. The largest absolute Gasteiger partial charge is 0.264 e. The van der Waals surface area contributed by atoms with E-state index in [9.17, 15) is 0 Å². The van der Waals surface area contributed by atoms with E-state index in [-0.39, 0.29) is 0 Å². The maximum Gasteiger partial charge on any atom is 0.260 e. The SMILES string of the molecule is C[NH+]1C(CCc2ccccc2)=NN=C1c1cccnc1. The van der Waals surface area contributed by atoms with Gasteiger partial charge in [-0.25, -0.2) is 4.90 Å². The van der Waals surface area contributed by atoms with E-state index in [1.54, 1.807) is 6.20 Å². The van der Waals surface area contributed by atoms with Gasteiger partial charge in [-0.3, -0.25) is 4.98 Å². The van der Waals surface area contributed by atoms with Gasteiger partial charge in [0.15, 0.2) is 0 Å². The first-order valence-corrected chi connectivity index (χ1v) is 6.78. The number of benzene rings is 1. The molecule has 1 aromatic carbocycles. The third-order valence-electron chi connectivity index (χ3n) is 3.49. The highest BCUT2D eigenvalue weighted by molar-refractivity contribution is 6.00. The van der Waals surface area contributed by atoms with Crippen molar-refractivity contribution in [1.82, 2.24) is 4.98 Å². The smallest absolute Gasteiger partial charge is 0.260 e. The Morgan fingerprint density at radius 2 is 1.80 bits per heavy atom. The summed E-state index contributed by atoms with van der Waals surface area (Å²) in [6.45, 7) is 0. The number of nitrogens with one attached hydrogen (secondary N) is 1. The first-order valence-electron chi connectivity index (χ1n) is 6.78. The molecule has 0 fully saturated rings. The average molecular weight is 265 g/mol. The lowest BCUT2D eigenvalue weighted by molar-refractivity contribution is -0.672. The second kappa shape index (κ2) is 5.75. The van der Waals surface area contributed by atoms with Gasteiger partial charge in [0.1, 0.15) is 0 Å². The van der Waals surface area contributed by atoms with Gasteiger partial charge >= 0.3 is 0 Å². The zero-order chi connectivity index (χ0) is 13.8. The zero-order valence-electron chi connectivity index (χ0n) is 11.5. The van der Waals surface area contributed by atoms with Crippen molar-refractivity contribution in [1.29, 1.82) is 0 Å². The maximum absolute atomic E-state index is 4.33. The molecule has 0 spiro atoms. The third kappa shape index (κ3) is 2.65. The highest BCUT2D eigenvalue weighted by Gasteiger charge is 2.26. The number of rotatable bonds is 4. The molecule has 1 aliphatic heterocycles. The highest BCUT2D eigenvalue weighted by atomic mass is 15.4. The third-order valence-corrected chi connectivity index (χ3v) is 3.49. The van der Waals surface area contributed by atoms with Crippen LogP contribution in [0.3, 0.4) is 0 Å². The summed E-state index contributed by atoms with van der Waals surface area (Å²) in [7, 11) is 2.09. The molecular formula is C16H17N4+. The van der Waals surface area contributed by atoms with Crippen LogP contribution in [-0.2, 0) is 6.42 Å². The fourth-order valence-electron chi connectivity index (χ4n) is 2.32. The van der Waals surface area contributed by atoms with Crippen LogP contribution < -0.4 is 4.90 Å². The molecule has 1 unspecified atom stereocenters. The predicted molar refractivity (Wildman–Crippen MR) is 79.9 cm³/mol. The Hall–Kier alpha value is -2.33. The number of hydrogen-bond acceptors (Lipinski definition) is 3. The van der Waals surface area contributed by atoms with Gasteiger partial charge in [-0.05, 0) is 24.1 Å². The number of quaternary nitrogens is 1. The van der Waals surface area contributed by atoms with Crippen LogP contribution in [0.25, 0.3) is 0 Å². The number of nitrogens with zero attached hydrogens (tertiary/aromatic N) is 3. The summed E-state index contributed by atoms with van der Waals surface area (Å²) >= 11 is 0. The van der Waals surface area contributed by atoms with Gasteiger partial charge in [-0.1, -0.05) is 40.5 Å². The van der Waals surface area contributed by atoms with Gasteiger partial charge in [0.2, 0.25) is 5.84 Å². The molecule has 0 amide bonds. The molecule has 20 heavy (non-hydrogen) atoms. The van der Waals surface area contributed by atoms with Crippen LogP contribution in [0, 0.1) is 0 Å². The molecule has 0 saturated heterocycles. The second-order valence-corrected chi connectivity index (χ2v) is 4.85. The van der Waals surface area contributed by atoms with Gasteiger partial charge in [0.25, 0.3) is 5.84 Å². The van der Waals surface area contributed by atoms with E-state index in [1.807, 2.05) is 24.4 Å². The molecule has 2 aromatic rings. The lowest BCUT2D eigenvalue weighted by Crippen LogP contribution is -3.13. The van der Waals surface area contributed by atoms with E-state index in [1.165, 1.54) is 5.56 Å². The monoisotopic (exact) mass is 265 g/mol. The molecule has 0 radical (unpaired) electrons. The molecule has 0 aliphatic carbocycles. The van der Waals surface area contributed by atoms with Crippen molar-refractivity contribution in [2.24, 2.45) is 10.2 Å². The molecule has 0 saturated carbocycles. The molecule has 1 aliphatic rings. The summed E-state index contributed by atoms with van der Waals surface area (Å²) < 4.78 is 0. The molecule has 3 rings (SSSR count). The normalized spacial score (nSPS) is 17.8. The topological polar surface area (TPSA) is 42.0 Å². The lowest BCUT2D eigenvalue weighted by Gasteiger charge is -2.10. The fraction of sp³-hybridized carbons (Fsp3) is 0.188. The summed E-state index contributed by atoms with van der Waals surface area (Å²) in [5, 5.41) is 8.64. The first kappa shape index (κ1) is 12.7. The number of aromatic nitrogens is 1. The van der Waals surface area contributed by atoms with Crippen LogP contribution in [0.15, 0.2) is 65.1 Å². The molecule has 2 heterocycles. The lowest BCUT2D eigenvalue weighted by atomic mass is 10.1. The highest BCUT2D eigenvalue weighted by Crippen LogP contribution is 2.05. The Bertz CT molecular complexity index is 632. The average Bonchev–Trinajstić information content (AvgIpc) is 2.88. The van der Waals surface area contributed by atoms with Crippen molar-refractivity contribution in [2.75, 3.05) is 7.05 Å². The van der Waals surface area contributed by atoms with E-state index < -0.39 is 0 Å². The van der Waals surface area contributed by atoms with Gasteiger partial charge in [-0.2, -0.15) is 0 Å². The van der Waals surface area contributed by atoms with Crippen molar-refractivity contribution in [2.45, 2.75) is 12.8 Å². The summed E-state index contributed by atoms with van der Waals surface area (Å²) in [6, 6.07) is 14.4. The quantitative estimate of drug-likeness (QED) is 0.889. The molecule has 4 nitrogen and oxygen atoms in total. The van der Waals surface area contributed by atoms with Gasteiger partial charge in [0, 0.05) is 18.8 Å². The molecule has 4 heteroatoms.